The molecule has 1 aliphatic heterocycles. The molecule has 1 fully saturated rings. The molecule has 1 aromatic carbocycles. The molecule has 2 N–H and O–H groups in total. The first-order valence-electron chi connectivity index (χ1n) is 10.6. The van der Waals surface area contributed by atoms with E-state index in [9.17, 15) is 0 Å². The fourth-order valence-corrected chi connectivity index (χ4v) is 3.73. The fraction of sp³-hybridized carbons (Fsp3) is 0.545. The van der Waals surface area contributed by atoms with Crippen molar-refractivity contribution in [2.75, 3.05) is 26.2 Å². The smallest absolute Gasteiger partial charge is 0.191 e. The van der Waals surface area contributed by atoms with E-state index in [4.69, 9.17) is 4.99 Å². The third-order valence-corrected chi connectivity index (χ3v) is 5.23. The molecule has 2 heterocycles. The number of benzene rings is 1. The summed E-state index contributed by atoms with van der Waals surface area (Å²) in [6.07, 6.45) is 7.41. The van der Waals surface area contributed by atoms with Crippen LogP contribution in [0.1, 0.15) is 44.2 Å². The van der Waals surface area contributed by atoms with E-state index in [1.54, 1.807) is 0 Å². The number of aliphatic imine (C=N–C) groups is 1. The van der Waals surface area contributed by atoms with Crippen LogP contribution in [-0.4, -0.2) is 52.9 Å². The van der Waals surface area contributed by atoms with E-state index in [1.807, 2.05) is 23.1 Å². The number of nitrogens with zero attached hydrogens (tertiary/aromatic N) is 4. The Balaban J connectivity index is 1.60. The molecule has 0 atom stereocenters. The van der Waals surface area contributed by atoms with Gasteiger partial charge in [-0.1, -0.05) is 31.2 Å². The van der Waals surface area contributed by atoms with Crippen LogP contribution < -0.4 is 10.6 Å². The van der Waals surface area contributed by atoms with Gasteiger partial charge in [0.25, 0.3) is 0 Å². The highest BCUT2D eigenvalue weighted by Gasteiger charge is 2.19. The third kappa shape index (κ3) is 6.09. The summed E-state index contributed by atoms with van der Waals surface area (Å²) in [7, 11) is 0. The van der Waals surface area contributed by atoms with E-state index in [1.165, 1.54) is 50.0 Å². The van der Waals surface area contributed by atoms with Crippen molar-refractivity contribution in [1.29, 1.82) is 0 Å². The minimum Gasteiger partial charge on any atom is -0.357 e. The lowest BCUT2D eigenvalue weighted by Gasteiger charge is -2.32. The minimum atomic E-state index is 0.505. The molecule has 0 saturated carbocycles. The Labute approximate surface area is 169 Å². The van der Waals surface area contributed by atoms with Crippen LogP contribution in [0.5, 0.6) is 0 Å². The SMILES string of the molecule is CCCN1CCC(NC(=NCc2ccccc2Cn2cccn2)NCC)CC1. The zero-order chi connectivity index (χ0) is 19.6. The number of piperidine rings is 1. The minimum absolute atomic E-state index is 0.505. The standard InChI is InChI=1S/C22H34N6/c1-3-13-27-15-10-21(11-16-27)26-22(23-4-2)24-17-19-8-5-6-9-20(19)18-28-14-7-12-25-28/h5-9,12,14,21H,3-4,10-11,13,15-18H2,1-2H3,(H2,23,24,26). The van der Waals surface area contributed by atoms with Crippen LogP contribution in [0.2, 0.25) is 0 Å². The molecule has 6 heteroatoms. The number of guanidine groups is 1. The molecule has 1 aromatic heterocycles. The molecule has 152 valence electrons. The van der Waals surface area contributed by atoms with E-state index >= 15 is 0 Å². The van der Waals surface area contributed by atoms with Crippen LogP contribution in [0.3, 0.4) is 0 Å². The molecule has 0 unspecified atom stereocenters. The van der Waals surface area contributed by atoms with Crippen LogP contribution in [0, 0.1) is 0 Å². The quantitative estimate of drug-likeness (QED) is 0.544. The normalized spacial score (nSPS) is 16.3. The summed E-state index contributed by atoms with van der Waals surface area (Å²) in [5, 5.41) is 11.4. The largest absolute Gasteiger partial charge is 0.357 e. The lowest BCUT2D eigenvalue weighted by atomic mass is 10.1. The molecule has 0 aliphatic carbocycles. The summed E-state index contributed by atoms with van der Waals surface area (Å²) in [4.78, 5) is 7.44. The maximum Gasteiger partial charge on any atom is 0.191 e. The molecule has 6 nitrogen and oxygen atoms in total. The van der Waals surface area contributed by atoms with E-state index in [0.717, 1.165) is 19.0 Å². The Morgan fingerprint density at radius 3 is 2.61 bits per heavy atom. The van der Waals surface area contributed by atoms with Gasteiger partial charge in [0.2, 0.25) is 0 Å². The lowest BCUT2D eigenvalue weighted by Crippen LogP contribution is -2.48. The summed E-state index contributed by atoms with van der Waals surface area (Å²) >= 11 is 0. The molecule has 3 rings (SSSR count). The fourth-order valence-electron chi connectivity index (χ4n) is 3.73. The Kier molecular flexibility index (Phi) is 7.91. The highest BCUT2D eigenvalue weighted by atomic mass is 15.3. The van der Waals surface area contributed by atoms with E-state index in [0.29, 0.717) is 12.6 Å². The maximum absolute atomic E-state index is 4.87. The zero-order valence-electron chi connectivity index (χ0n) is 17.3. The highest BCUT2D eigenvalue weighted by molar-refractivity contribution is 5.80. The number of nitrogens with one attached hydrogen (secondary N) is 2. The Bertz CT molecular complexity index is 716. The second-order valence-electron chi connectivity index (χ2n) is 7.43. The Morgan fingerprint density at radius 1 is 1.14 bits per heavy atom. The summed E-state index contributed by atoms with van der Waals surface area (Å²) in [5.74, 6) is 0.922. The predicted octanol–water partition coefficient (Wildman–Crippen LogP) is 2.86. The van der Waals surface area contributed by atoms with E-state index in [2.05, 4.69) is 58.7 Å². The van der Waals surface area contributed by atoms with Gasteiger partial charge in [0, 0.05) is 38.1 Å². The van der Waals surface area contributed by atoms with Crippen LogP contribution >= 0.6 is 0 Å². The third-order valence-electron chi connectivity index (χ3n) is 5.23. The topological polar surface area (TPSA) is 57.5 Å². The first-order chi connectivity index (χ1) is 13.8. The Hall–Kier alpha value is -2.34. The molecule has 2 aromatic rings. The average molecular weight is 383 g/mol. The first-order valence-corrected chi connectivity index (χ1v) is 10.6. The highest BCUT2D eigenvalue weighted by Crippen LogP contribution is 2.13. The number of likely N-dealkylation sites (tertiary alicyclic amines) is 1. The van der Waals surface area contributed by atoms with E-state index in [-0.39, 0.29) is 0 Å². The molecular weight excluding hydrogens is 348 g/mol. The van der Waals surface area contributed by atoms with Crippen LogP contribution in [0.15, 0.2) is 47.7 Å². The lowest BCUT2D eigenvalue weighted by molar-refractivity contribution is 0.206. The van der Waals surface area contributed by atoms with Crippen LogP contribution in [0.25, 0.3) is 0 Å². The van der Waals surface area contributed by atoms with Crippen LogP contribution in [-0.2, 0) is 13.1 Å². The average Bonchev–Trinajstić information content (AvgIpc) is 3.22. The summed E-state index contributed by atoms with van der Waals surface area (Å²) in [5.41, 5.74) is 2.51. The molecule has 28 heavy (non-hydrogen) atoms. The molecule has 1 saturated heterocycles. The van der Waals surface area contributed by atoms with Gasteiger partial charge in [-0.2, -0.15) is 5.10 Å². The first kappa shape index (κ1) is 20.4. The second-order valence-corrected chi connectivity index (χ2v) is 7.43. The van der Waals surface area contributed by atoms with Crippen LogP contribution in [0.4, 0.5) is 0 Å². The second kappa shape index (κ2) is 10.9. The molecule has 0 radical (unpaired) electrons. The number of rotatable bonds is 8. The van der Waals surface area contributed by atoms with Gasteiger partial charge in [-0.15, -0.1) is 0 Å². The maximum atomic E-state index is 4.87. The molecule has 0 spiro atoms. The van der Waals surface area contributed by atoms with Crippen molar-refractivity contribution in [1.82, 2.24) is 25.3 Å². The number of aromatic nitrogens is 2. The summed E-state index contributed by atoms with van der Waals surface area (Å²) < 4.78 is 1.95. The summed E-state index contributed by atoms with van der Waals surface area (Å²) in [6.45, 7) is 10.3. The van der Waals surface area contributed by atoms with Crippen molar-refractivity contribution >= 4 is 5.96 Å². The van der Waals surface area contributed by atoms with Crippen molar-refractivity contribution in [2.45, 2.75) is 52.2 Å². The Morgan fingerprint density at radius 2 is 1.93 bits per heavy atom. The van der Waals surface area contributed by atoms with E-state index < -0.39 is 0 Å². The number of hydrogen-bond donors (Lipinski definition) is 2. The van der Waals surface area contributed by atoms with Crippen molar-refractivity contribution in [3.05, 3.63) is 53.9 Å². The number of hydrogen-bond acceptors (Lipinski definition) is 3. The molecule has 0 bridgehead atoms. The van der Waals surface area contributed by atoms with Crippen molar-refractivity contribution in [3.8, 4) is 0 Å². The van der Waals surface area contributed by atoms with Gasteiger partial charge in [-0.25, -0.2) is 4.99 Å². The predicted molar refractivity (Wildman–Crippen MR) is 115 cm³/mol. The van der Waals surface area contributed by atoms with Gasteiger partial charge in [0.05, 0.1) is 13.1 Å². The molecule has 0 amide bonds. The molecule has 1 aliphatic rings. The molecular formula is C22H34N6. The van der Waals surface area contributed by atoms with Crippen molar-refractivity contribution < 1.29 is 0 Å². The zero-order valence-corrected chi connectivity index (χ0v) is 17.3. The van der Waals surface area contributed by atoms with Gasteiger partial charge in [0.15, 0.2) is 5.96 Å². The van der Waals surface area contributed by atoms with Crippen molar-refractivity contribution in [2.24, 2.45) is 4.99 Å². The van der Waals surface area contributed by atoms with Gasteiger partial charge in [0.1, 0.15) is 0 Å². The summed E-state index contributed by atoms with van der Waals surface area (Å²) in [6, 6.07) is 11.0. The van der Waals surface area contributed by atoms with Gasteiger partial charge >= 0.3 is 0 Å². The van der Waals surface area contributed by atoms with Gasteiger partial charge in [-0.05, 0) is 49.9 Å². The van der Waals surface area contributed by atoms with Gasteiger partial charge < -0.3 is 15.5 Å². The van der Waals surface area contributed by atoms with Gasteiger partial charge in [-0.3, -0.25) is 4.68 Å². The monoisotopic (exact) mass is 382 g/mol. The van der Waals surface area contributed by atoms with Crippen molar-refractivity contribution in [3.63, 3.8) is 0 Å².